The van der Waals surface area contributed by atoms with E-state index in [4.69, 9.17) is 10.3 Å². The van der Waals surface area contributed by atoms with E-state index in [1.165, 1.54) is 10.8 Å². The Morgan fingerprint density at radius 2 is 1.95 bits per heavy atom. The fourth-order valence-corrected chi connectivity index (χ4v) is 2.06. The average Bonchev–Trinajstić information content (AvgIpc) is 2.86. The largest absolute Gasteiger partial charge is 0.339 e. The van der Waals surface area contributed by atoms with Gasteiger partial charge in [-0.3, -0.25) is 0 Å². The number of rotatable bonds is 3. The highest BCUT2D eigenvalue weighted by Gasteiger charge is 2.10. The topological polar surface area (TPSA) is 64.9 Å². The van der Waals surface area contributed by atoms with Gasteiger partial charge in [0, 0.05) is 18.0 Å². The summed E-state index contributed by atoms with van der Waals surface area (Å²) in [5.41, 5.74) is 6.68. The van der Waals surface area contributed by atoms with Gasteiger partial charge in [-0.2, -0.15) is 4.98 Å². The second-order valence-corrected chi connectivity index (χ2v) is 4.76. The van der Waals surface area contributed by atoms with Gasteiger partial charge in [0.15, 0.2) is 0 Å². The maximum Gasteiger partial charge on any atom is 0.228 e. The van der Waals surface area contributed by atoms with E-state index in [9.17, 15) is 0 Å². The van der Waals surface area contributed by atoms with Crippen LogP contribution >= 0.6 is 0 Å². The van der Waals surface area contributed by atoms with Crippen molar-refractivity contribution in [3.63, 3.8) is 0 Å². The molecule has 0 aliphatic rings. The molecular formula is C15H15N3O. The molecule has 3 rings (SSSR count). The number of fused-ring (bicyclic) bond motifs is 1. The zero-order valence-electron chi connectivity index (χ0n) is 10.7. The van der Waals surface area contributed by atoms with Gasteiger partial charge in [0.2, 0.25) is 11.7 Å². The highest BCUT2D eigenvalue weighted by molar-refractivity contribution is 5.86. The van der Waals surface area contributed by atoms with Crippen LogP contribution in [0.2, 0.25) is 0 Å². The molecule has 0 spiro atoms. The lowest BCUT2D eigenvalue weighted by Crippen LogP contribution is -2.17. The third-order valence-corrected chi connectivity index (χ3v) is 2.97. The lowest BCUT2D eigenvalue weighted by molar-refractivity contribution is 0.372. The minimum atomic E-state index is 0.0184. The summed E-state index contributed by atoms with van der Waals surface area (Å²) in [7, 11) is 0. The van der Waals surface area contributed by atoms with Crippen molar-refractivity contribution in [1.29, 1.82) is 0 Å². The van der Waals surface area contributed by atoms with E-state index in [1.54, 1.807) is 0 Å². The van der Waals surface area contributed by atoms with Crippen LogP contribution in [0.15, 0.2) is 47.0 Å². The highest BCUT2D eigenvalue weighted by atomic mass is 16.5. The molecule has 2 N–H and O–H groups in total. The van der Waals surface area contributed by atoms with Crippen LogP contribution in [0.1, 0.15) is 12.8 Å². The van der Waals surface area contributed by atoms with E-state index >= 15 is 0 Å². The molecule has 1 heterocycles. The first-order valence-corrected chi connectivity index (χ1v) is 6.30. The van der Waals surface area contributed by atoms with E-state index in [1.807, 2.05) is 25.1 Å². The average molecular weight is 253 g/mol. The van der Waals surface area contributed by atoms with Gasteiger partial charge < -0.3 is 10.3 Å². The molecule has 0 amide bonds. The Bertz CT molecular complexity index is 703. The lowest BCUT2D eigenvalue weighted by Gasteiger charge is -1.99. The van der Waals surface area contributed by atoms with Gasteiger partial charge in [0.1, 0.15) is 0 Å². The Morgan fingerprint density at radius 1 is 1.16 bits per heavy atom. The van der Waals surface area contributed by atoms with Crippen LogP contribution in [0, 0.1) is 0 Å². The third-order valence-electron chi connectivity index (χ3n) is 2.97. The molecular weight excluding hydrogens is 238 g/mol. The number of hydrogen-bond acceptors (Lipinski definition) is 4. The highest BCUT2D eigenvalue weighted by Crippen LogP contribution is 2.22. The SMILES string of the molecule is CC(N)Cc1nc(-c2ccc3ccccc3c2)no1. The molecule has 1 atom stereocenters. The molecule has 0 aliphatic carbocycles. The molecule has 0 saturated carbocycles. The Labute approximate surface area is 111 Å². The van der Waals surface area contributed by atoms with Crippen molar-refractivity contribution >= 4 is 10.8 Å². The normalized spacial score (nSPS) is 12.7. The van der Waals surface area contributed by atoms with Gasteiger partial charge in [-0.15, -0.1) is 0 Å². The van der Waals surface area contributed by atoms with E-state index in [-0.39, 0.29) is 6.04 Å². The first-order chi connectivity index (χ1) is 9.22. The van der Waals surface area contributed by atoms with E-state index in [0.29, 0.717) is 18.1 Å². The van der Waals surface area contributed by atoms with Crippen molar-refractivity contribution in [3.05, 3.63) is 48.4 Å². The summed E-state index contributed by atoms with van der Waals surface area (Å²) < 4.78 is 5.20. The second-order valence-electron chi connectivity index (χ2n) is 4.76. The minimum Gasteiger partial charge on any atom is -0.339 e. The molecule has 19 heavy (non-hydrogen) atoms. The van der Waals surface area contributed by atoms with Crippen molar-refractivity contribution in [3.8, 4) is 11.4 Å². The smallest absolute Gasteiger partial charge is 0.228 e. The van der Waals surface area contributed by atoms with Crippen LogP contribution in [0.25, 0.3) is 22.2 Å². The van der Waals surface area contributed by atoms with Crippen LogP contribution in [-0.2, 0) is 6.42 Å². The molecule has 0 fully saturated rings. The summed E-state index contributed by atoms with van der Waals surface area (Å²) in [6.45, 7) is 1.92. The van der Waals surface area contributed by atoms with Crippen molar-refractivity contribution in [2.75, 3.05) is 0 Å². The van der Waals surface area contributed by atoms with Crippen molar-refractivity contribution in [2.24, 2.45) is 5.73 Å². The zero-order chi connectivity index (χ0) is 13.2. The standard InChI is InChI=1S/C15H15N3O/c1-10(16)8-14-17-15(18-19-14)13-7-6-11-4-2-3-5-12(11)9-13/h2-7,9-10H,8,16H2,1H3. The molecule has 0 saturated heterocycles. The first kappa shape index (κ1) is 11.9. The Balaban J connectivity index is 1.97. The van der Waals surface area contributed by atoms with Crippen molar-refractivity contribution in [1.82, 2.24) is 10.1 Å². The predicted octanol–water partition coefficient (Wildman–Crippen LogP) is 2.78. The zero-order valence-corrected chi connectivity index (χ0v) is 10.7. The summed E-state index contributed by atoms with van der Waals surface area (Å²) in [5, 5.41) is 6.37. The van der Waals surface area contributed by atoms with Crippen LogP contribution < -0.4 is 5.73 Å². The summed E-state index contributed by atoms with van der Waals surface area (Å²) >= 11 is 0. The van der Waals surface area contributed by atoms with Crippen LogP contribution in [0.3, 0.4) is 0 Å². The minimum absolute atomic E-state index is 0.0184. The Hall–Kier alpha value is -2.20. The van der Waals surface area contributed by atoms with Crippen LogP contribution in [0.5, 0.6) is 0 Å². The van der Waals surface area contributed by atoms with Crippen LogP contribution in [0.4, 0.5) is 0 Å². The summed E-state index contributed by atoms with van der Waals surface area (Å²) in [5.74, 6) is 1.19. The van der Waals surface area contributed by atoms with Crippen molar-refractivity contribution in [2.45, 2.75) is 19.4 Å². The fraction of sp³-hybridized carbons (Fsp3) is 0.200. The molecule has 2 aromatic carbocycles. The summed E-state index contributed by atoms with van der Waals surface area (Å²) in [6.07, 6.45) is 0.598. The number of nitrogens with zero attached hydrogens (tertiary/aromatic N) is 2. The van der Waals surface area contributed by atoms with Crippen molar-refractivity contribution < 1.29 is 4.52 Å². The molecule has 4 nitrogen and oxygen atoms in total. The third kappa shape index (κ3) is 2.48. The molecule has 1 aromatic heterocycles. The molecule has 4 heteroatoms. The molecule has 0 aliphatic heterocycles. The monoisotopic (exact) mass is 253 g/mol. The van der Waals surface area contributed by atoms with Gasteiger partial charge >= 0.3 is 0 Å². The molecule has 3 aromatic rings. The maximum absolute atomic E-state index is 5.72. The summed E-state index contributed by atoms with van der Waals surface area (Å²) in [6, 6.07) is 14.3. The van der Waals surface area contributed by atoms with Gasteiger partial charge in [-0.25, -0.2) is 0 Å². The van der Waals surface area contributed by atoms with E-state index in [0.717, 1.165) is 5.56 Å². The number of hydrogen-bond donors (Lipinski definition) is 1. The quantitative estimate of drug-likeness (QED) is 0.779. The lowest BCUT2D eigenvalue weighted by atomic mass is 10.1. The van der Waals surface area contributed by atoms with Crippen LogP contribution in [-0.4, -0.2) is 16.2 Å². The first-order valence-electron chi connectivity index (χ1n) is 6.30. The Morgan fingerprint density at radius 3 is 2.74 bits per heavy atom. The van der Waals surface area contributed by atoms with Gasteiger partial charge in [-0.1, -0.05) is 41.6 Å². The van der Waals surface area contributed by atoms with E-state index in [2.05, 4.69) is 34.4 Å². The fourth-order valence-electron chi connectivity index (χ4n) is 2.06. The summed E-state index contributed by atoms with van der Waals surface area (Å²) in [4.78, 5) is 4.37. The van der Waals surface area contributed by atoms with E-state index < -0.39 is 0 Å². The molecule has 0 radical (unpaired) electrons. The molecule has 0 bridgehead atoms. The van der Waals surface area contributed by atoms with Gasteiger partial charge in [0.25, 0.3) is 0 Å². The number of nitrogens with two attached hydrogens (primary N) is 1. The predicted molar refractivity (Wildman–Crippen MR) is 74.6 cm³/mol. The maximum atomic E-state index is 5.72. The Kier molecular flexibility index (Phi) is 3.01. The van der Waals surface area contributed by atoms with Gasteiger partial charge in [-0.05, 0) is 23.8 Å². The molecule has 96 valence electrons. The van der Waals surface area contributed by atoms with Gasteiger partial charge in [0.05, 0.1) is 0 Å². The molecule has 1 unspecified atom stereocenters. The number of aromatic nitrogens is 2. The number of benzene rings is 2. The second kappa shape index (κ2) is 4.82.